The molecule has 20 heavy (non-hydrogen) atoms. The monoisotopic (exact) mass is 278 g/mol. The van der Waals surface area contributed by atoms with Crippen LogP contribution in [0, 0.1) is 11.8 Å². The molecule has 2 heteroatoms. The molecule has 0 amide bonds. The maximum Gasteiger partial charge on any atom is 0.179 e. The fourth-order valence-corrected chi connectivity index (χ4v) is 2.89. The van der Waals surface area contributed by atoms with Gasteiger partial charge in [0.05, 0.1) is 0 Å². The van der Waals surface area contributed by atoms with Crippen molar-refractivity contribution in [2.45, 2.75) is 83.8 Å². The summed E-state index contributed by atoms with van der Waals surface area (Å²) in [6, 6.07) is 0. The molecule has 0 aliphatic heterocycles. The highest BCUT2D eigenvalue weighted by atomic mass is 16.5. The molecule has 0 aromatic rings. The first-order valence-corrected chi connectivity index (χ1v) is 7.90. The normalized spacial score (nSPS) is 28.9. The number of rotatable bonds is 7. The summed E-state index contributed by atoms with van der Waals surface area (Å²) >= 11 is 0. The van der Waals surface area contributed by atoms with Gasteiger partial charge in [0.15, 0.2) is 5.60 Å². The molecule has 114 valence electrons. The van der Waals surface area contributed by atoms with Crippen molar-refractivity contribution in [3.8, 4) is 11.8 Å². The zero-order valence-electron chi connectivity index (χ0n) is 13.8. The largest absolute Gasteiger partial charge is 0.371 e. The van der Waals surface area contributed by atoms with Crippen molar-refractivity contribution >= 4 is 0 Å². The summed E-state index contributed by atoms with van der Waals surface area (Å²) in [5.41, 5.74) is 0.285. The summed E-state index contributed by atoms with van der Waals surface area (Å²) in [7, 11) is 1.64. The van der Waals surface area contributed by atoms with Gasteiger partial charge in [0.1, 0.15) is 5.60 Å². The fourth-order valence-electron chi connectivity index (χ4n) is 2.89. The van der Waals surface area contributed by atoms with Crippen LogP contribution in [0.4, 0.5) is 0 Å². The first kappa shape index (κ1) is 17.3. The highest BCUT2D eigenvalue weighted by Crippen LogP contribution is 2.49. The van der Waals surface area contributed by atoms with E-state index in [0.717, 1.165) is 24.0 Å². The molecule has 0 aromatic heterocycles. The minimum Gasteiger partial charge on any atom is -0.371 e. The molecule has 0 bridgehead atoms. The van der Waals surface area contributed by atoms with Crippen LogP contribution in [0.5, 0.6) is 0 Å². The summed E-state index contributed by atoms with van der Waals surface area (Å²) < 4.78 is 5.48. The molecular formula is C18H30O2. The van der Waals surface area contributed by atoms with E-state index in [2.05, 4.69) is 18.8 Å². The predicted octanol–water partition coefficient (Wildman–Crippen LogP) is 4.23. The van der Waals surface area contributed by atoms with Crippen molar-refractivity contribution in [2.75, 3.05) is 7.11 Å². The number of hydrogen-bond acceptors (Lipinski definition) is 2. The Balaban J connectivity index is 2.44. The van der Waals surface area contributed by atoms with Crippen molar-refractivity contribution in [1.82, 2.24) is 0 Å². The van der Waals surface area contributed by atoms with Crippen molar-refractivity contribution in [2.24, 2.45) is 0 Å². The van der Waals surface area contributed by atoms with E-state index in [9.17, 15) is 5.11 Å². The van der Waals surface area contributed by atoms with Crippen LogP contribution in [-0.2, 0) is 4.74 Å². The molecule has 0 fully saturated rings. The molecule has 0 unspecified atom stereocenters. The summed E-state index contributed by atoms with van der Waals surface area (Å²) in [5.74, 6) is 6.19. The van der Waals surface area contributed by atoms with Crippen LogP contribution in [0.2, 0.25) is 0 Å². The van der Waals surface area contributed by atoms with Crippen LogP contribution >= 0.6 is 0 Å². The topological polar surface area (TPSA) is 29.5 Å². The third-order valence-electron chi connectivity index (χ3n) is 4.84. The van der Waals surface area contributed by atoms with E-state index in [-0.39, 0.29) is 0 Å². The predicted molar refractivity (Wildman–Crippen MR) is 84.5 cm³/mol. The summed E-state index contributed by atoms with van der Waals surface area (Å²) in [6.45, 7) is 8.09. The van der Waals surface area contributed by atoms with Gasteiger partial charge in [-0.15, -0.1) is 0 Å². The Morgan fingerprint density at radius 2 is 1.65 bits per heavy atom. The van der Waals surface area contributed by atoms with E-state index < -0.39 is 11.2 Å². The summed E-state index contributed by atoms with van der Waals surface area (Å²) in [6.07, 6.45) is 8.47. The minimum atomic E-state index is -1.10. The molecule has 0 spiro atoms. The van der Waals surface area contributed by atoms with Gasteiger partial charge in [-0.2, -0.15) is 0 Å². The molecule has 0 saturated carbocycles. The molecule has 1 aliphatic rings. The smallest absolute Gasteiger partial charge is 0.179 e. The van der Waals surface area contributed by atoms with E-state index in [1.165, 1.54) is 32.1 Å². The molecule has 1 N–H and O–H groups in total. The van der Waals surface area contributed by atoms with Crippen LogP contribution in [0.15, 0.2) is 11.1 Å². The van der Waals surface area contributed by atoms with E-state index in [1.54, 1.807) is 7.11 Å². The summed E-state index contributed by atoms with van der Waals surface area (Å²) in [4.78, 5) is 0. The Labute approximate surface area is 124 Å². The lowest BCUT2D eigenvalue weighted by atomic mass is 9.62. The lowest BCUT2D eigenvalue weighted by molar-refractivity contribution is -0.111. The molecule has 0 heterocycles. The zero-order valence-corrected chi connectivity index (χ0v) is 13.8. The van der Waals surface area contributed by atoms with E-state index in [1.807, 2.05) is 20.8 Å². The first-order valence-electron chi connectivity index (χ1n) is 7.90. The van der Waals surface area contributed by atoms with Crippen molar-refractivity contribution in [3.05, 3.63) is 11.1 Å². The molecule has 2 atom stereocenters. The van der Waals surface area contributed by atoms with Gasteiger partial charge in [0.25, 0.3) is 0 Å². The van der Waals surface area contributed by atoms with Crippen LogP contribution < -0.4 is 0 Å². The van der Waals surface area contributed by atoms with Gasteiger partial charge in [-0.1, -0.05) is 50.9 Å². The van der Waals surface area contributed by atoms with E-state index in [0.29, 0.717) is 0 Å². The molecule has 0 radical (unpaired) electrons. The quantitative estimate of drug-likeness (QED) is 0.429. The van der Waals surface area contributed by atoms with Gasteiger partial charge < -0.3 is 9.84 Å². The lowest BCUT2D eigenvalue weighted by Crippen LogP contribution is -2.62. The SMILES string of the molecule is CCCCCCCCC#C[C@]1(O)C(C)=C(C)[C@@]1(C)OC. The molecular weight excluding hydrogens is 248 g/mol. The molecule has 1 rings (SSSR count). The van der Waals surface area contributed by atoms with Gasteiger partial charge in [-0.25, -0.2) is 0 Å². The van der Waals surface area contributed by atoms with Gasteiger partial charge in [0.2, 0.25) is 0 Å². The number of hydrogen-bond donors (Lipinski definition) is 1. The van der Waals surface area contributed by atoms with Gasteiger partial charge >= 0.3 is 0 Å². The Hall–Kier alpha value is -0.780. The second kappa shape index (κ2) is 7.29. The van der Waals surface area contributed by atoms with Crippen LogP contribution in [0.3, 0.4) is 0 Å². The lowest BCUT2D eigenvalue weighted by Gasteiger charge is -2.51. The average molecular weight is 278 g/mol. The third kappa shape index (κ3) is 3.10. The number of methoxy groups -OCH3 is 1. The van der Waals surface area contributed by atoms with Crippen molar-refractivity contribution in [1.29, 1.82) is 0 Å². The Morgan fingerprint density at radius 3 is 2.25 bits per heavy atom. The maximum absolute atomic E-state index is 10.7. The zero-order chi connectivity index (χ0) is 15.2. The maximum atomic E-state index is 10.7. The summed E-state index contributed by atoms with van der Waals surface area (Å²) in [5, 5.41) is 10.7. The number of aliphatic hydroxyl groups is 1. The van der Waals surface area contributed by atoms with E-state index in [4.69, 9.17) is 4.74 Å². The fraction of sp³-hybridized carbons (Fsp3) is 0.778. The number of ether oxygens (including phenoxy) is 1. The van der Waals surface area contributed by atoms with E-state index >= 15 is 0 Å². The van der Waals surface area contributed by atoms with Crippen LogP contribution in [0.1, 0.15) is 72.6 Å². The molecule has 1 aliphatic carbocycles. The van der Waals surface area contributed by atoms with Crippen LogP contribution in [0.25, 0.3) is 0 Å². The van der Waals surface area contributed by atoms with Gasteiger partial charge in [-0.05, 0) is 38.3 Å². The van der Waals surface area contributed by atoms with Crippen molar-refractivity contribution in [3.63, 3.8) is 0 Å². The molecule has 2 nitrogen and oxygen atoms in total. The third-order valence-corrected chi connectivity index (χ3v) is 4.84. The minimum absolute atomic E-state index is 0.648. The Kier molecular flexibility index (Phi) is 6.30. The highest BCUT2D eigenvalue weighted by molar-refractivity contribution is 5.53. The first-order chi connectivity index (χ1) is 9.44. The standard InChI is InChI=1S/C18H30O2/c1-6-7-8-9-10-11-12-13-14-18(19)16(3)15(2)17(18,4)20-5/h19H,6-12H2,1-5H3/t17-,18+/m1/s1. The second-order valence-corrected chi connectivity index (χ2v) is 6.02. The van der Waals surface area contributed by atoms with Gasteiger partial charge in [-0.3, -0.25) is 0 Å². The average Bonchev–Trinajstić information content (AvgIpc) is 2.47. The molecule has 0 saturated heterocycles. The molecule has 0 aromatic carbocycles. The second-order valence-electron chi connectivity index (χ2n) is 6.02. The van der Waals surface area contributed by atoms with Crippen molar-refractivity contribution < 1.29 is 9.84 Å². The Bertz CT molecular complexity index is 413. The number of unbranched alkanes of at least 4 members (excludes halogenated alkanes) is 6. The Morgan fingerprint density at radius 1 is 1.05 bits per heavy atom. The van der Waals surface area contributed by atoms with Gasteiger partial charge in [0, 0.05) is 13.5 Å². The highest BCUT2D eigenvalue weighted by Gasteiger charge is 2.58. The van der Waals surface area contributed by atoms with Crippen LogP contribution in [-0.4, -0.2) is 23.4 Å².